The Kier molecular flexibility index (Phi) is 5.43. The van der Waals surface area contributed by atoms with Gasteiger partial charge in [-0.1, -0.05) is 0 Å². The molecule has 0 atom stereocenters. The highest BCUT2D eigenvalue weighted by Gasteiger charge is 2.23. The molecule has 0 spiro atoms. The van der Waals surface area contributed by atoms with Gasteiger partial charge in [-0.3, -0.25) is 4.79 Å². The topological polar surface area (TPSA) is 64.6 Å². The molecule has 2 aliphatic rings. The lowest BCUT2D eigenvalue weighted by atomic mass is 10.2. The van der Waals surface area contributed by atoms with Gasteiger partial charge < -0.3 is 20.0 Å². The van der Waals surface area contributed by atoms with E-state index >= 15 is 0 Å². The van der Waals surface area contributed by atoms with Crippen molar-refractivity contribution in [3.63, 3.8) is 0 Å². The Labute approximate surface area is 166 Å². The predicted octanol–water partition coefficient (Wildman–Crippen LogP) is 2.33. The van der Waals surface area contributed by atoms with Crippen LogP contribution in [0, 0.1) is 5.92 Å². The molecule has 1 aliphatic carbocycles. The Bertz CT molecular complexity index is 812. The van der Waals surface area contributed by atoms with Gasteiger partial charge in [0.1, 0.15) is 17.8 Å². The largest absolute Gasteiger partial charge is 0.369 e. The SMILES string of the molecule is CN1CCN(c2ccc(NC(=O)c3cc(N(C)CC4CC4)ncn3)cc2)CC1. The van der Waals surface area contributed by atoms with E-state index in [0.29, 0.717) is 5.69 Å². The smallest absolute Gasteiger partial charge is 0.274 e. The lowest BCUT2D eigenvalue weighted by Crippen LogP contribution is -2.44. The number of nitrogens with zero attached hydrogens (tertiary/aromatic N) is 5. The van der Waals surface area contributed by atoms with Gasteiger partial charge in [-0.2, -0.15) is 0 Å². The lowest BCUT2D eigenvalue weighted by Gasteiger charge is -2.34. The highest BCUT2D eigenvalue weighted by Crippen LogP contribution is 2.30. The van der Waals surface area contributed by atoms with E-state index in [-0.39, 0.29) is 5.91 Å². The molecule has 1 saturated heterocycles. The Morgan fingerprint density at radius 3 is 2.54 bits per heavy atom. The average molecular weight is 380 g/mol. The maximum absolute atomic E-state index is 12.6. The number of amides is 1. The summed E-state index contributed by atoms with van der Waals surface area (Å²) in [5.74, 6) is 1.34. The zero-order valence-corrected chi connectivity index (χ0v) is 16.6. The minimum absolute atomic E-state index is 0.212. The Balaban J connectivity index is 1.38. The molecule has 1 saturated carbocycles. The Morgan fingerprint density at radius 1 is 1.14 bits per heavy atom. The first-order chi connectivity index (χ1) is 13.6. The number of piperazine rings is 1. The fourth-order valence-electron chi connectivity index (χ4n) is 3.48. The van der Waals surface area contributed by atoms with Crippen molar-refractivity contribution in [2.75, 3.05) is 61.9 Å². The summed E-state index contributed by atoms with van der Waals surface area (Å²) in [6.07, 6.45) is 4.03. The minimum Gasteiger partial charge on any atom is -0.369 e. The number of hydrogen-bond donors (Lipinski definition) is 1. The van der Waals surface area contributed by atoms with E-state index in [2.05, 4.69) is 49.2 Å². The van der Waals surface area contributed by atoms with E-state index in [9.17, 15) is 4.79 Å². The van der Waals surface area contributed by atoms with Gasteiger partial charge in [-0.25, -0.2) is 9.97 Å². The quantitative estimate of drug-likeness (QED) is 0.830. The van der Waals surface area contributed by atoms with Gasteiger partial charge >= 0.3 is 0 Å². The summed E-state index contributed by atoms with van der Waals surface area (Å²) >= 11 is 0. The second-order valence-electron chi connectivity index (χ2n) is 7.88. The van der Waals surface area contributed by atoms with Gasteiger partial charge in [0.25, 0.3) is 5.91 Å². The number of anilines is 3. The fourth-order valence-corrected chi connectivity index (χ4v) is 3.48. The second kappa shape index (κ2) is 8.14. The molecule has 1 N–H and O–H groups in total. The molecule has 1 amide bonds. The van der Waals surface area contributed by atoms with Crippen LogP contribution in [0.5, 0.6) is 0 Å². The normalized spacial score (nSPS) is 17.4. The number of rotatable bonds is 6. The molecule has 2 aromatic rings. The van der Waals surface area contributed by atoms with Gasteiger partial charge in [-0.15, -0.1) is 0 Å². The molecular formula is C21H28N6O. The highest BCUT2D eigenvalue weighted by atomic mass is 16.1. The van der Waals surface area contributed by atoms with Crippen molar-refractivity contribution in [1.82, 2.24) is 14.9 Å². The average Bonchev–Trinajstić information content (AvgIpc) is 3.53. The third kappa shape index (κ3) is 4.59. The van der Waals surface area contributed by atoms with Crippen molar-refractivity contribution in [2.24, 2.45) is 5.92 Å². The van der Waals surface area contributed by atoms with Gasteiger partial charge in [0.15, 0.2) is 0 Å². The first-order valence-corrected chi connectivity index (χ1v) is 9.96. The van der Waals surface area contributed by atoms with Crippen LogP contribution in [-0.4, -0.2) is 67.6 Å². The minimum atomic E-state index is -0.212. The molecule has 4 rings (SSSR count). The fraction of sp³-hybridized carbons (Fsp3) is 0.476. The van der Waals surface area contributed by atoms with Crippen LogP contribution in [0.1, 0.15) is 23.3 Å². The number of carbonyl (C=O) groups excluding carboxylic acids is 1. The zero-order valence-electron chi connectivity index (χ0n) is 16.6. The molecule has 148 valence electrons. The molecule has 1 aromatic heterocycles. The van der Waals surface area contributed by atoms with Crippen LogP contribution in [0.25, 0.3) is 0 Å². The number of nitrogens with one attached hydrogen (secondary N) is 1. The maximum atomic E-state index is 12.6. The van der Waals surface area contributed by atoms with Crippen LogP contribution in [-0.2, 0) is 0 Å². The second-order valence-corrected chi connectivity index (χ2v) is 7.88. The molecule has 0 bridgehead atoms. The van der Waals surface area contributed by atoms with E-state index in [0.717, 1.165) is 50.1 Å². The first-order valence-electron chi connectivity index (χ1n) is 9.96. The van der Waals surface area contributed by atoms with E-state index in [1.165, 1.54) is 24.9 Å². The molecule has 7 heteroatoms. The van der Waals surface area contributed by atoms with Gasteiger partial charge in [-0.05, 0) is 50.1 Å². The summed E-state index contributed by atoms with van der Waals surface area (Å²) in [6.45, 7) is 5.18. The number of hydrogen-bond acceptors (Lipinski definition) is 6. The summed E-state index contributed by atoms with van der Waals surface area (Å²) in [6, 6.07) is 9.79. The summed E-state index contributed by atoms with van der Waals surface area (Å²) < 4.78 is 0. The van der Waals surface area contributed by atoms with Gasteiger partial charge in [0, 0.05) is 57.2 Å². The molecule has 2 fully saturated rings. The van der Waals surface area contributed by atoms with E-state index in [1.54, 1.807) is 6.07 Å². The molecule has 0 radical (unpaired) electrons. The van der Waals surface area contributed by atoms with Gasteiger partial charge in [0.2, 0.25) is 0 Å². The van der Waals surface area contributed by atoms with Crippen LogP contribution in [0.3, 0.4) is 0 Å². The molecular weight excluding hydrogens is 352 g/mol. The monoisotopic (exact) mass is 380 g/mol. The number of aromatic nitrogens is 2. The zero-order chi connectivity index (χ0) is 19.5. The highest BCUT2D eigenvalue weighted by molar-refractivity contribution is 6.03. The molecule has 28 heavy (non-hydrogen) atoms. The summed E-state index contributed by atoms with van der Waals surface area (Å²) in [5.41, 5.74) is 2.35. The Morgan fingerprint density at radius 2 is 1.86 bits per heavy atom. The van der Waals surface area contributed by atoms with Crippen LogP contribution in [0.15, 0.2) is 36.7 Å². The molecule has 0 unspecified atom stereocenters. The third-order valence-electron chi connectivity index (χ3n) is 5.50. The standard InChI is InChI=1S/C21H28N6O/c1-25-9-11-27(12-10-25)18-7-5-17(6-8-18)24-21(28)19-13-20(23-15-22-19)26(2)14-16-3-4-16/h5-8,13,15-16H,3-4,9-12,14H2,1-2H3,(H,24,28). The van der Waals surface area contributed by atoms with E-state index in [1.807, 2.05) is 19.2 Å². The van der Waals surface area contributed by atoms with Crippen LogP contribution < -0.4 is 15.1 Å². The van der Waals surface area contributed by atoms with Crippen molar-refractivity contribution < 1.29 is 4.79 Å². The summed E-state index contributed by atoms with van der Waals surface area (Å²) in [4.78, 5) is 27.9. The van der Waals surface area contributed by atoms with Crippen LogP contribution in [0.4, 0.5) is 17.2 Å². The molecule has 1 aliphatic heterocycles. The number of carbonyl (C=O) groups is 1. The number of likely N-dealkylation sites (N-methyl/N-ethyl adjacent to an activating group) is 1. The van der Waals surface area contributed by atoms with E-state index in [4.69, 9.17) is 0 Å². The molecule has 2 heterocycles. The van der Waals surface area contributed by atoms with Crippen LogP contribution in [0.2, 0.25) is 0 Å². The molecule has 1 aromatic carbocycles. The van der Waals surface area contributed by atoms with Crippen molar-refractivity contribution in [3.05, 3.63) is 42.4 Å². The van der Waals surface area contributed by atoms with E-state index < -0.39 is 0 Å². The summed E-state index contributed by atoms with van der Waals surface area (Å²) in [5, 5.41) is 2.94. The predicted molar refractivity (Wildman–Crippen MR) is 112 cm³/mol. The van der Waals surface area contributed by atoms with Crippen molar-refractivity contribution in [1.29, 1.82) is 0 Å². The Hall–Kier alpha value is -2.67. The third-order valence-corrected chi connectivity index (χ3v) is 5.50. The first kappa shape index (κ1) is 18.7. The van der Waals surface area contributed by atoms with Gasteiger partial charge in [0.05, 0.1) is 0 Å². The van der Waals surface area contributed by atoms with Crippen molar-refractivity contribution in [3.8, 4) is 0 Å². The van der Waals surface area contributed by atoms with Crippen LogP contribution >= 0.6 is 0 Å². The van der Waals surface area contributed by atoms with Crippen molar-refractivity contribution in [2.45, 2.75) is 12.8 Å². The summed E-state index contributed by atoms with van der Waals surface area (Å²) in [7, 11) is 4.16. The molecule has 7 nitrogen and oxygen atoms in total. The maximum Gasteiger partial charge on any atom is 0.274 e. The lowest BCUT2D eigenvalue weighted by molar-refractivity contribution is 0.102. The van der Waals surface area contributed by atoms with Crippen molar-refractivity contribution >= 4 is 23.1 Å². The number of benzene rings is 1.